The predicted molar refractivity (Wildman–Crippen MR) is 104 cm³/mol. The number of carbonyl (C=O) groups excluding carboxylic acids is 1. The van der Waals surface area contributed by atoms with Crippen LogP contribution in [-0.4, -0.2) is 54.7 Å². The van der Waals surface area contributed by atoms with E-state index >= 15 is 0 Å². The van der Waals surface area contributed by atoms with Gasteiger partial charge in [0.05, 0.1) is 12.7 Å². The number of likely N-dealkylation sites (tertiary alicyclic amines) is 2. The molecule has 0 spiro atoms. The third-order valence-corrected chi connectivity index (χ3v) is 6.00. The van der Waals surface area contributed by atoms with E-state index in [2.05, 4.69) is 6.58 Å². The van der Waals surface area contributed by atoms with Crippen LogP contribution in [0.1, 0.15) is 24.0 Å². The van der Waals surface area contributed by atoms with Crippen LogP contribution < -0.4 is 0 Å². The van der Waals surface area contributed by atoms with Gasteiger partial charge < -0.3 is 14.5 Å². The molecule has 150 valence electrons. The number of aryl methyl sites for hydroxylation is 1. The van der Waals surface area contributed by atoms with Gasteiger partial charge in [0.2, 0.25) is 0 Å². The summed E-state index contributed by atoms with van der Waals surface area (Å²) in [5.41, 5.74) is 1.83. The minimum Gasteiger partial charge on any atom is -0.373 e. The average Bonchev–Trinajstić information content (AvgIpc) is 2.65. The molecule has 4 rings (SSSR count). The highest BCUT2D eigenvalue weighted by atomic mass is 19.1. The fraction of sp³-hybridized carbons (Fsp3) is 0.500. The highest BCUT2D eigenvalue weighted by molar-refractivity contribution is 5.76. The number of amides is 2. The first kappa shape index (κ1) is 19.1. The lowest BCUT2D eigenvalue weighted by atomic mass is 9.83. The van der Waals surface area contributed by atoms with Crippen LogP contribution in [0.15, 0.2) is 36.4 Å². The topological polar surface area (TPSA) is 32.8 Å². The minimum absolute atomic E-state index is 0.0149. The van der Waals surface area contributed by atoms with Gasteiger partial charge in [0.15, 0.2) is 0 Å². The zero-order valence-electron chi connectivity index (χ0n) is 16.2. The molecule has 0 unspecified atom stereocenters. The molecule has 0 aliphatic carbocycles. The number of fused-ring (bicyclic) bond motifs is 1. The summed E-state index contributed by atoms with van der Waals surface area (Å²) in [6, 6.07) is 4.38. The van der Waals surface area contributed by atoms with Gasteiger partial charge in [-0.25, -0.2) is 13.6 Å². The van der Waals surface area contributed by atoms with Crippen LogP contribution in [0, 0.1) is 24.6 Å². The first-order valence-electron chi connectivity index (χ1n) is 9.86. The van der Waals surface area contributed by atoms with Crippen LogP contribution in [0.3, 0.4) is 0 Å². The van der Waals surface area contributed by atoms with E-state index in [9.17, 15) is 13.6 Å². The van der Waals surface area contributed by atoms with Gasteiger partial charge in [-0.05, 0) is 37.5 Å². The fourth-order valence-corrected chi connectivity index (χ4v) is 4.27. The molecule has 3 fully saturated rings. The lowest BCUT2D eigenvalue weighted by Gasteiger charge is -2.46. The molecular weight excluding hydrogens is 361 g/mol. The van der Waals surface area contributed by atoms with Gasteiger partial charge in [-0.15, -0.1) is 0 Å². The molecule has 0 radical (unpaired) electrons. The number of ether oxygens (including phenoxy) is 1. The molecule has 1 aromatic carbocycles. The Kier molecular flexibility index (Phi) is 5.23. The quantitative estimate of drug-likeness (QED) is 0.714. The molecule has 28 heavy (non-hydrogen) atoms. The van der Waals surface area contributed by atoms with Gasteiger partial charge in [0.25, 0.3) is 0 Å². The summed E-state index contributed by atoms with van der Waals surface area (Å²) in [7, 11) is 0. The Labute approximate surface area is 164 Å². The van der Waals surface area contributed by atoms with Crippen molar-refractivity contribution in [1.29, 1.82) is 0 Å². The van der Waals surface area contributed by atoms with Crippen molar-refractivity contribution in [1.82, 2.24) is 9.80 Å². The Hall–Kier alpha value is -2.21. The van der Waals surface area contributed by atoms with Crippen LogP contribution in [0.2, 0.25) is 0 Å². The normalized spacial score (nSPS) is 26.1. The lowest BCUT2D eigenvalue weighted by Crippen LogP contribution is -2.58. The Bertz CT molecular complexity index is 817. The van der Waals surface area contributed by atoms with E-state index in [4.69, 9.17) is 4.74 Å². The third-order valence-electron chi connectivity index (χ3n) is 6.00. The Balaban J connectivity index is 1.31. The molecule has 3 aliphatic heterocycles. The number of halogens is 2. The number of piperidine rings is 1. The molecule has 3 aliphatic rings. The number of carbonyl (C=O) groups is 1. The van der Waals surface area contributed by atoms with Crippen molar-refractivity contribution in [3.63, 3.8) is 0 Å². The molecule has 4 nitrogen and oxygen atoms in total. The molecule has 0 aromatic heterocycles. The van der Waals surface area contributed by atoms with Crippen molar-refractivity contribution in [2.45, 2.75) is 25.9 Å². The molecule has 3 saturated heterocycles. The standard InChI is InChI=1S/C22H26F2N2O2/c1-14-7-18-12-25(6-5-21(18)28-13-14)22(27)26-10-16(11-26)8-20(24)17-4-3-15(2)19(23)9-17/h3-4,8-9,16,18,21H,1,5-7,10-13H2,2H3/b20-8-/t18-,21+/m1/s1/i22-1. The van der Waals surface area contributed by atoms with Crippen molar-refractivity contribution < 1.29 is 18.3 Å². The maximum atomic E-state index is 14.4. The Morgan fingerprint density at radius 3 is 2.82 bits per heavy atom. The lowest BCUT2D eigenvalue weighted by molar-refractivity contribution is -0.0411. The summed E-state index contributed by atoms with van der Waals surface area (Å²) in [5, 5.41) is 0. The maximum absolute atomic E-state index is 14.4. The van der Waals surface area contributed by atoms with E-state index in [1.165, 1.54) is 12.1 Å². The zero-order chi connectivity index (χ0) is 19.8. The summed E-state index contributed by atoms with van der Waals surface area (Å²) < 4.78 is 33.8. The highest BCUT2D eigenvalue weighted by Gasteiger charge is 2.38. The monoisotopic (exact) mass is 387 g/mol. The Morgan fingerprint density at radius 2 is 2.07 bits per heavy atom. The van der Waals surface area contributed by atoms with Gasteiger partial charge in [-0.2, -0.15) is 0 Å². The SMILES string of the molecule is C=C1CO[C@H]2CCN([11C](=O)N3CC(/C=C(\F)c4ccc(C)c(F)c4)C3)C[C@H]2C1. The summed E-state index contributed by atoms with van der Waals surface area (Å²) in [6.45, 7) is 8.66. The highest BCUT2D eigenvalue weighted by Crippen LogP contribution is 2.32. The number of hydrogen-bond donors (Lipinski definition) is 0. The van der Waals surface area contributed by atoms with Gasteiger partial charge >= 0.3 is 6.03 Å². The molecule has 3 heterocycles. The van der Waals surface area contributed by atoms with Crippen molar-refractivity contribution >= 4 is 11.9 Å². The smallest absolute Gasteiger partial charge is 0.320 e. The van der Waals surface area contributed by atoms with E-state index in [1.54, 1.807) is 24.0 Å². The molecule has 0 N–H and O–H groups in total. The molecule has 6 heteroatoms. The molecule has 2 atom stereocenters. The summed E-state index contributed by atoms with van der Waals surface area (Å²) in [6.07, 6.45) is 3.50. The van der Waals surface area contributed by atoms with E-state index in [-0.39, 0.29) is 23.6 Å². The van der Waals surface area contributed by atoms with Crippen molar-refractivity contribution in [2.75, 3.05) is 32.8 Å². The largest absolute Gasteiger partial charge is 0.373 e. The second kappa shape index (κ2) is 7.66. The van der Waals surface area contributed by atoms with Crippen LogP contribution in [-0.2, 0) is 4.74 Å². The summed E-state index contributed by atoms with van der Waals surface area (Å²) >= 11 is 0. The van der Waals surface area contributed by atoms with Crippen molar-refractivity contribution in [3.8, 4) is 0 Å². The predicted octanol–water partition coefficient (Wildman–Crippen LogP) is 4.16. The molecule has 0 saturated carbocycles. The number of rotatable bonds is 2. The first-order valence-corrected chi connectivity index (χ1v) is 9.86. The fourth-order valence-electron chi connectivity index (χ4n) is 4.27. The Morgan fingerprint density at radius 1 is 1.29 bits per heavy atom. The second-order valence-electron chi connectivity index (χ2n) is 8.22. The van der Waals surface area contributed by atoms with Crippen LogP contribution >= 0.6 is 0 Å². The van der Waals surface area contributed by atoms with Crippen LogP contribution in [0.25, 0.3) is 5.83 Å². The van der Waals surface area contributed by atoms with Crippen molar-refractivity contribution in [2.24, 2.45) is 11.8 Å². The van der Waals surface area contributed by atoms with E-state index in [1.807, 2.05) is 4.90 Å². The molecular formula is C22H26F2N2O2. The molecule has 0 bridgehead atoms. The van der Waals surface area contributed by atoms with Gasteiger partial charge in [-0.1, -0.05) is 24.3 Å². The van der Waals surface area contributed by atoms with Gasteiger partial charge in [0.1, 0.15) is 11.6 Å². The second-order valence-corrected chi connectivity index (χ2v) is 8.22. The average molecular weight is 387 g/mol. The first-order chi connectivity index (χ1) is 13.4. The minimum atomic E-state index is -0.435. The zero-order valence-corrected chi connectivity index (χ0v) is 16.2. The molecule has 2 amide bonds. The van der Waals surface area contributed by atoms with E-state index < -0.39 is 11.6 Å². The molecule has 1 aromatic rings. The summed E-state index contributed by atoms with van der Waals surface area (Å²) in [4.78, 5) is 16.4. The number of benzene rings is 1. The number of hydrogen-bond acceptors (Lipinski definition) is 2. The van der Waals surface area contributed by atoms with Crippen molar-refractivity contribution in [3.05, 3.63) is 53.4 Å². The van der Waals surface area contributed by atoms with Gasteiger partial charge in [-0.3, -0.25) is 0 Å². The van der Waals surface area contributed by atoms with E-state index in [0.717, 1.165) is 18.4 Å². The van der Waals surface area contributed by atoms with Crippen LogP contribution in [0.5, 0.6) is 0 Å². The number of nitrogens with zero attached hydrogens (tertiary/aromatic N) is 2. The van der Waals surface area contributed by atoms with E-state index in [0.29, 0.717) is 44.3 Å². The van der Waals surface area contributed by atoms with Gasteiger partial charge in [0, 0.05) is 43.6 Å². The van der Waals surface area contributed by atoms with Crippen LogP contribution in [0.4, 0.5) is 13.6 Å². The third kappa shape index (κ3) is 3.83. The number of urea groups is 1. The maximum Gasteiger partial charge on any atom is 0.320 e. The summed E-state index contributed by atoms with van der Waals surface area (Å²) in [5.74, 6) is -0.563.